The van der Waals surface area contributed by atoms with Gasteiger partial charge < -0.3 is 11.1 Å². The van der Waals surface area contributed by atoms with Crippen LogP contribution in [0.4, 0.5) is 11.5 Å². The maximum absolute atomic E-state index is 5.90. The fourth-order valence-electron chi connectivity index (χ4n) is 1.95. The molecule has 2 unspecified atom stereocenters. The molecule has 1 saturated carbocycles. The third-order valence-corrected chi connectivity index (χ3v) is 3.18. The Balaban J connectivity index is 2.05. The highest BCUT2D eigenvalue weighted by atomic mass is 35.5. The van der Waals surface area contributed by atoms with Crippen LogP contribution in [0.1, 0.15) is 31.9 Å². The van der Waals surface area contributed by atoms with Crippen molar-refractivity contribution < 1.29 is 0 Å². The van der Waals surface area contributed by atoms with Crippen LogP contribution >= 0.6 is 11.6 Å². The van der Waals surface area contributed by atoms with Crippen LogP contribution in [0.25, 0.3) is 0 Å². The molecule has 2 atom stereocenters. The Hall–Kier alpha value is -1.03. The molecule has 16 heavy (non-hydrogen) atoms. The molecule has 1 aromatic rings. The molecule has 2 rings (SSSR count). The molecule has 0 saturated heterocycles. The van der Waals surface area contributed by atoms with Gasteiger partial charge in [0.1, 0.15) is 0 Å². The van der Waals surface area contributed by atoms with E-state index in [9.17, 15) is 0 Å². The first-order chi connectivity index (χ1) is 7.61. The molecule has 0 spiro atoms. The van der Waals surface area contributed by atoms with Gasteiger partial charge in [-0.2, -0.15) is 4.98 Å². The van der Waals surface area contributed by atoms with Crippen LogP contribution in [-0.4, -0.2) is 16.0 Å². The first kappa shape index (κ1) is 11.5. The van der Waals surface area contributed by atoms with E-state index < -0.39 is 0 Å². The highest BCUT2D eigenvalue weighted by molar-refractivity contribution is 6.28. The van der Waals surface area contributed by atoms with Gasteiger partial charge in [0.15, 0.2) is 5.82 Å². The van der Waals surface area contributed by atoms with Crippen LogP contribution in [0.2, 0.25) is 5.28 Å². The van der Waals surface area contributed by atoms with E-state index in [0.717, 1.165) is 11.6 Å². The molecule has 1 heterocycles. The molecule has 0 amide bonds. The van der Waals surface area contributed by atoms with Gasteiger partial charge in [-0.25, -0.2) is 4.98 Å². The maximum atomic E-state index is 5.90. The predicted octanol–water partition coefficient (Wildman–Crippen LogP) is 2.62. The molecular weight excluding hydrogens is 224 g/mol. The van der Waals surface area contributed by atoms with Crippen molar-refractivity contribution >= 4 is 23.1 Å². The molecular formula is C11H17ClN4. The minimum atomic E-state index is 0.252. The van der Waals surface area contributed by atoms with E-state index in [0.29, 0.717) is 17.5 Å². The molecule has 5 heteroatoms. The van der Waals surface area contributed by atoms with Gasteiger partial charge in [-0.3, -0.25) is 0 Å². The van der Waals surface area contributed by atoms with Gasteiger partial charge in [-0.15, -0.1) is 0 Å². The number of nitrogens with one attached hydrogen (secondary N) is 1. The SMILES string of the molecule is CCCC1CC1Nc1nc(Cl)nc(C)c1N. The summed E-state index contributed by atoms with van der Waals surface area (Å²) in [6, 6.07) is 0.507. The molecule has 3 N–H and O–H groups in total. The molecule has 1 aromatic heterocycles. The number of rotatable bonds is 4. The number of hydrogen-bond donors (Lipinski definition) is 2. The lowest BCUT2D eigenvalue weighted by Crippen LogP contribution is -2.10. The van der Waals surface area contributed by atoms with Crippen LogP contribution in [0, 0.1) is 12.8 Å². The minimum absolute atomic E-state index is 0.252. The third kappa shape index (κ3) is 2.38. The Bertz CT molecular complexity index is 394. The molecule has 0 aromatic carbocycles. The summed E-state index contributed by atoms with van der Waals surface area (Å²) in [5, 5.41) is 3.59. The number of aromatic nitrogens is 2. The quantitative estimate of drug-likeness (QED) is 0.795. The van der Waals surface area contributed by atoms with Crippen molar-refractivity contribution in [3.8, 4) is 0 Å². The largest absolute Gasteiger partial charge is 0.394 e. The zero-order valence-corrected chi connectivity index (χ0v) is 10.4. The van der Waals surface area contributed by atoms with Gasteiger partial charge in [-0.1, -0.05) is 13.3 Å². The van der Waals surface area contributed by atoms with Crippen LogP contribution in [0.5, 0.6) is 0 Å². The summed E-state index contributed by atoms with van der Waals surface area (Å²) in [6.07, 6.45) is 3.69. The number of anilines is 2. The monoisotopic (exact) mass is 240 g/mol. The summed E-state index contributed by atoms with van der Waals surface area (Å²) >= 11 is 5.81. The minimum Gasteiger partial charge on any atom is -0.394 e. The van der Waals surface area contributed by atoms with Crippen LogP contribution in [0.3, 0.4) is 0 Å². The van der Waals surface area contributed by atoms with Gasteiger partial charge in [0.05, 0.1) is 11.4 Å². The van der Waals surface area contributed by atoms with E-state index >= 15 is 0 Å². The molecule has 1 fully saturated rings. The van der Waals surface area contributed by atoms with E-state index in [4.69, 9.17) is 17.3 Å². The first-order valence-corrected chi connectivity index (χ1v) is 6.05. The van der Waals surface area contributed by atoms with Crippen LogP contribution in [-0.2, 0) is 0 Å². The van der Waals surface area contributed by atoms with E-state index in [1.807, 2.05) is 6.92 Å². The van der Waals surface area contributed by atoms with Crippen molar-refractivity contribution in [1.29, 1.82) is 0 Å². The van der Waals surface area contributed by atoms with E-state index in [-0.39, 0.29) is 5.28 Å². The van der Waals surface area contributed by atoms with Crippen molar-refractivity contribution in [3.63, 3.8) is 0 Å². The molecule has 1 aliphatic carbocycles. The number of nitrogens with zero attached hydrogens (tertiary/aromatic N) is 2. The second-order valence-corrected chi connectivity index (χ2v) is 4.71. The summed E-state index contributed by atoms with van der Waals surface area (Å²) in [5.41, 5.74) is 7.24. The van der Waals surface area contributed by atoms with Gasteiger partial charge >= 0.3 is 0 Å². The third-order valence-electron chi connectivity index (χ3n) is 3.01. The summed E-state index contributed by atoms with van der Waals surface area (Å²) in [4.78, 5) is 8.13. The van der Waals surface area contributed by atoms with Gasteiger partial charge in [0.25, 0.3) is 0 Å². The number of nitrogens with two attached hydrogens (primary N) is 1. The zero-order chi connectivity index (χ0) is 11.7. The fraction of sp³-hybridized carbons (Fsp3) is 0.636. The Kier molecular flexibility index (Phi) is 3.19. The van der Waals surface area contributed by atoms with Crippen LogP contribution in [0.15, 0.2) is 0 Å². The fourth-order valence-corrected chi connectivity index (χ4v) is 2.16. The normalized spacial score (nSPS) is 23.2. The second-order valence-electron chi connectivity index (χ2n) is 4.38. The zero-order valence-electron chi connectivity index (χ0n) is 9.63. The van der Waals surface area contributed by atoms with Crippen LogP contribution < -0.4 is 11.1 Å². The van der Waals surface area contributed by atoms with Gasteiger partial charge in [-0.05, 0) is 37.3 Å². The Morgan fingerprint density at radius 2 is 2.25 bits per heavy atom. The molecule has 1 aliphatic rings. The average Bonchev–Trinajstić information content (AvgIpc) is 2.93. The second kappa shape index (κ2) is 4.45. The summed E-state index contributed by atoms with van der Waals surface area (Å²) in [6.45, 7) is 4.04. The summed E-state index contributed by atoms with van der Waals surface area (Å²) in [7, 11) is 0. The van der Waals surface area contributed by atoms with Crippen molar-refractivity contribution in [1.82, 2.24) is 9.97 Å². The molecule has 0 bridgehead atoms. The van der Waals surface area contributed by atoms with E-state index in [1.54, 1.807) is 0 Å². The molecule has 4 nitrogen and oxygen atoms in total. The van der Waals surface area contributed by atoms with Gasteiger partial charge in [0.2, 0.25) is 5.28 Å². The van der Waals surface area contributed by atoms with Gasteiger partial charge in [0, 0.05) is 6.04 Å². The van der Waals surface area contributed by atoms with Crippen molar-refractivity contribution in [2.75, 3.05) is 11.1 Å². The number of nitrogen functional groups attached to an aromatic ring is 1. The molecule has 0 radical (unpaired) electrons. The van der Waals surface area contributed by atoms with E-state index in [2.05, 4.69) is 22.2 Å². The number of halogens is 1. The average molecular weight is 241 g/mol. The molecule has 0 aliphatic heterocycles. The van der Waals surface area contributed by atoms with Crippen molar-refractivity contribution in [2.24, 2.45) is 5.92 Å². The molecule has 88 valence electrons. The highest BCUT2D eigenvalue weighted by Crippen LogP contribution is 2.38. The maximum Gasteiger partial charge on any atom is 0.224 e. The summed E-state index contributed by atoms with van der Waals surface area (Å²) in [5.74, 6) is 1.44. The Labute approximate surface area is 101 Å². The lowest BCUT2D eigenvalue weighted by molar-refractivity contribution is 0.692. The van der Waals surface area contributed by atoms with E-state index in [1.165, 1.54) is 19.3 Å². The smallest absolute Gasteiger partial charge is 0.224 e. The summed E-state index contributed by atoms with van der Waals surface area (Å²) < 4.78 is 0. The lowest BCUT2D eigenvalue weighted by atomic mass is 10.2. The Morgan fingerprint density at radius 3 is 2.94 bits per heavy atom. The standard InChI is InChI=1S/C11H17ClN4/c1-3-4-7-5-8(7)15-10-9(13)6(2)14-11(12)16-10/h7-8H,3-5,13H2,1-2H3,(H,14,15,16). The number of aryl methyl sites for hydroxylation is 1. The topological polar surface area (TPSA) is 63.8 Å². The number of hydrogen-bond acceptors (Lipinski definition) is 4. The first-order valence-electron chi connectivity index (χ1n) is 5.68. The Morgan fingerprint density at radius 1 is 1.50 bits per heavy atom. The van der Waals surface area contributed by atoms with Crippen molar-refractivity contribution in [2.45, 2.75) is 39.2 Å². The lowest BCUT2D eigenvalue weighted by Gasteiger charge is -2.09. The van der Waals surface area contributed by atoms with Crippen molar-refractivity contribution in [3.05, 3.63) is 11.0 Å². The predicted molar refractivity (Wildman–Crippen MR) is 66.6 cm³/mol. The highest BCUT2D eigenvalue weighted by Gasteiger charge is 2.36.